The van der Waals surface area contributed by atoms with Gasteiger partial charge in [-0.2, -0.15) is 0 Å². The minimum Gasteiger partial charge on any atom is -0.471 e. The van der Waals surface area contributed by atoms with Gasteiger partial charge in [0.05, 0.1) is 7.11 Å². The summed E-state index contributed by atoms with van der Waals surface area (Å²) in [6, 6.07) is 6.76. The van der Waals surface area contributed by atoms with Gasteiger partial charge in [-0.15, -0.1) is 0 Å². The number of methoxy groups -OCH3 is 1. The van der Waals surface area contributed by atoms with Crippen LogP contribution in [0, 0.1) is 6.92 Å². The molecule has 5 nitrogen and oxygen atoms in total. The zero-order valence-electron chi connectivity index (χ0n) is 15.0. The van der Waals surface area contributed by atoms with Crippen molar-refractivity contribution in [3.63, 3.8) is 0 Å². The molecule has 0 unspecified atom stereocenters. The van der Waals surface area contributed by atoms with Gasteiger partial charge < -0.3 is 9.64 Å². The number of benzene rings is 1. The van der Waals surface area contributed by atoms with E-state index in [1.807, 2.05) is 6.07 Å². The first kappa shape index (κ1) is 19.7. The van der Waals surface area contributed by atoms with Crippen molar-refractivity contribution in [3.8, 4) is 0 Å². The van der Waals surface area contributed by atoms with Gasteiger partial charge in [-0.1, -0.05) is 23.7 Å². The Labute approximate surface area is 154 Å². The van der Waals surface area contributed by atoms with Crippen LogP contribution in [0.15, 0.2) is 18.2 Å². The number of carbonyl (C=O) groups is 2. The molecule has 0 aliphatic carbocycles. The number of likely N-dealkylation sites (tertiary alicyclic amines) is 2. The Morgan fingerprint density at radius 2 is 1.96 bits per heavy atom. The van der Waals surface area contributed by atoms with Gasteiger partial charge in [0.25, 0.3) is 6.47 Å². The molecule has 25 heavy (non-hydrogen) atoms. The number of hydrogen-bond acceptors (Lipinski definition) is 4. The van der Waals surface area contributed by atoms with Gasteiger partial charge in [-0.25, -0.2) is 0 Å². The lowest BCUT2D eigenvalue weighted by molar-refractivity contribution is -0.130. The van der Waals surface area contributed by atoms with Gasteiger partial charge in [0, 0.05) is 43.7 Å². The summed E-state index contributed by atoms with van der Waals surface area (Å²) in [5.41, 5.74) is 2.47. The molecule has 0 spiro atoms. The van der Waals surface area contributed by atoms with Crippen molar-refractivity contribution in [3.05, 3.63) is 34.3 Å². The fourth-order valence-corrected chi connectivity index (χ4v) is 3.63. The predicted octanol–water partition coefficient (Wildman–Crippen LogP) is 3.02. The Hall–Kier alpha value is -1.59. The molecule has 3 rings (SSSR count). The van der Waals surface area contributed by atoms with E-state index in [4.69, 9.17) is 16.4 Å². The van der Waals surface area contributed by atoms with Crippen LogP contribution >= 0.6 is 11.6 Å². The molecule has 0 radical (unpaired) electrons. The normalized spacial score (nSPS) is 18.7. The summed E-state index contributed by atoms with van der Waals surface area (Å²) in [4.78, 5) is 25.4. The van der Waals surface area contributed by atoms with Crippen molar-refractivity contribution in [2.24, 2.45) is 0 Å². The van der Waals surface area contributed by atoms with Crippen molar-refractivity contribution in [2.45, 2.75) is 45.2 Å². The maximum Gasteiger partial charge on any atom is 0.292 e. The highest BCUT2D eigenvalue weighted by atomic mass is 35.5. The number of ether oxygens (including phenoxy) is 1. The number of nitrogens with zero attached hydrogens (tertiary/aromatic N) is 2. The Morgan fingerprint density at radius 3 is 2.48 bits per heavy atom. The molecular weight excluding hydrogens is 340 g/mol. The smallest absolute Gasteiger partial charge is 0.292 e. The van der Waals surface area contributed by atoms with Crippen molar-refractivity contribution in [1.29, 1.82) is 0 Å². The van der Waals surface area contributed by atoms with Gasteiger partial charge in [-0.05, 0) is 43.4 Å². The molecule has 6 heteroatoms. The van der Waals surface area contributed by atoms with Gasteiger partial charge in [-0.3, -0.25) is 14.5 Å². The van der Waals surface area contributed by atoms with Crippen LogP contribution in [0.3, 0.4) is 0 Å². The monoisotopic (exact) mass is 366 g/mol. The highest BCUT2D eigenvalue weighted by Crippen LogP contribution is 2.24. The van der Waals surface area contributed by atoms with Crippen LogP contribution in [0.1, 0.15) is 36.8 Å². The SMILES string of the molecule is COC=O.Cc1cc(CN2CCC(N3CCCC3=O)CC2)ccc1Cl. The first-order valence-electron chi connectivity index (χ1n) is 8.78. The molecule has 2 aliphatic heterocycles. The maximum atomic E-state index is 11.8. The summed E-state index contributed by atoms with van der Waals surface area (Å²) in [5.74, 6) is 0.363. The lowest BCUT2D eigenvalue weighted by Gasteiger charge is -2.36. The van der Waals surface area contributed by atoms with Gasteiger partial charge in [0.2, 0.25) is 5.91 Å². The van der Waals surface area contributed by atoms with Crippen LogP contribution in [0.4, 0.5) is 0 Å². The van der Waals surface area contributed by atoms with E-state index in [9.17, 15) is 4.79 Å². The third-order valence-corrected chi connectivity index (χ3v) is 5.26. The molecular formula is C19H27ClN2O3. The van der Waals surface area contributed by atoms with Crippen LogP contribution in [-0.2, 0) is 20.9 Å². The van der Waals surface area contributed by atoms with Crippen LogP contribution in [0.5, 0.6) is 0 Å². The molecule has 0 bridgehead atoms. The van der Waals surface area contributed by atoms with E-state index in [0.717, 1.165) is 62.4 Å². The van der Waals surface area contributed by atoms with E-state index in [2.05, 4.69) is 33.6 Å². The summed E-state index contributed by atoms with van der Waals surface area (Å²) < 4.78 is 3.86. The highest BCUT2D eigenvalue weighted by Gasteiger charge is 2.30. The number of rotatable bonds is 4. The van der Waals surface area contributed by atoms with E-state index >= 15 is 0 Å². The largest absolute Gasteiger partial charge is 0.471 e. The molecule has 138 valence electrons. The van der Waals surface area contributed by atoms with Gasteiger partial charge >= 0.3 is 0 Å². The molecule has 0 aromatic heterocycles. The Balaban J connectivity index is 0.000000511. The molecule has 2 heterocycles. The van der Waals surface area contributed by atoms with Gasteiger partial charge in [0.15, 0.2) is 0 Å². The standard InChI is InChI=1S/C17H23ClN2O.C2H4O2/c1-13-11-14(4-5-16(13)18)12-19-9-6-15(7-10-19)20-8-2-3-17(20)21;1-4-2-3/h4-5,11,15H,2-3,6-10,12H2,1H3;2H,1H3. The molecule has 2 fully saturated rings. The molecule has 0 N–H and O–H groups in total. The highest BCUT2D eigenvalue weighted by molar-refractivity contribution is 6.31. The first-order valence-corrected chi connectivity index (χ1v) is 9.16. The second-order valence-corrected chi connectivity index (χ2v) is 7.02. The Morgan fingerprint density at radius 1 is 1.28 bits per heavy atom. The quantitative estimate of drug-likeness (QED) is 0.768. The minimum absolute atomic E-state index is 0.363. The average Bonchev–Trinajstić information content (AvgIpc) is 3.05. The van der Waals surface area contributed by atoms with E-state index in [1.165, 1.54) is 12.7 Å². The maximum absolute atomic E-state index is 11.8. The third kappa shape index (κ3) is 5.72. The van der Waals surface area contributed by atoms with Crippen LogP contribution in [-0.4, -0.2) is 55.0 Å². The first-order chi connectivity index (χ1) is 12.0. The molecule has 1 aromatic rings. The second-order valence-electron chi connectivity index (χ2n) is 6.61. The topological polar surface area (TPSA) is 49.9 Å². The number of halogens is 1. The molecule has 0 atom stereocenters. The molecule has 0 saturated carbocycles. The summed E-state index contributed by atoms with van der Waals surface area (Å²) in [5, 5.41) is 0.838. The van der Waals surface area contributed by atoms with Crippen LogP contribution in [0.25, 0.3) is 0 Å². The summed E-state index contributed by atoms with van der Waals surface area (Å²) in [7, 11) is 1.31. The summed E-state index contributed by atoms with van der Waals surface area (Å²) >= 11 is 6.08. The summed E-state index contributed by atoms with van der Waals surface area (Å²) in [6.07, 6.45) is 4.02. The van der Waals surface area contributed by atoms with E-state index in [1.54, 1.807) is 0 Å². The Bertz CT molecular complexity index is 586. The zero-order valence-corrected chi connectivity index (χ0v) is 15.8. The molecule has 1 amide bonds. The molecule has 2 aliphatic rings. The fraction of sp³-hybridized carbons (Fsp3) is 0.579. The van der Waals surface area contributed by atoms with Crippen molar-refractivity contribution in [2.75, 3.05) is 26.7 Å². The lowest BCUT2D eigenvalue weighted by Crippen LogP contribution is -2.45. The van der Waals surface area contributed by atoms with E-state index in [0.29, 0.717) is 18.4 Å². The van der Waals surface area contributed by atoms with E-state index in [-0.39, 0.29) is 0 Å². The number of aryl methyl sites for hydroxylation is 1. The molecule has 1 aromatic carbocycles. The van der Waals surface area contributed by atoms with Gasteiger partial charge in [0.1, 0.15) is 0 Å². The second kappa shape index (κ2) is 9.78. The Kier molecular flexibility index (Phi) is 7.72. The van der Waals surface area contributed by atoms with Crippen LogP contribution in [0.2, 0.25) is 5.02 Å². The minimum atomic E-state index is 0.363. The lowest BCUT2D eigenvalue weighted by atomic mass is 10.0. The molecule has 2 saturated heterocycles. The third-order valence-electron chi connectivity index (χ3n) is 4.83. The number of hydrogen-bond donors (Lipinski definition) is 0. The van der Waals surface area contributed by atoms with Crippen molar-refractivity contribution >= 4 is 24.0 Å². The number of amides is 1. The van der Waals surface area contributed by atoms with Crippen molar-refractivity contribution < 1.29 is 14.3 Å². The summed E-state index contributed by atoms with van der Waals surface area (Å²) in [6.45, 7) is 6.54. The van der Waals surface area contributed by atoms with Crippen LogP contribution < -0.4 is 0 Å². The predicted molar refractivity (Wildman–Crippen MR) is 98.5 cm³/mol. The van der Waals surface area contributed by atoms with Crippen molar-refractivity contribution in [1.82, 2.24) is 9.80 Å². The fourth-order valence-electron chi connectivity index (χ4n) is 3.51. The zero-order chi connectivity index (χ0) is 18.2. The number of piperidine rings is 1. The van der Waals surface area contributed by atoms with E-state index < -0.39 is 0 Å². The number of carbonyl (C=O) groups excluding carboxylic acids is 2. The average molecular weight is 367 g/mol.